The van der Waals surface area contributed by atoms with Crippen molar-refractivity contribution in [2.45, 2.75) is 51.5 Å². The molecule has 3 amide bonds. The first-order valence-electron chi connectivity index (χ1n) is 12.9. The van der Waals surface area contributed by atoms with Gasteiger partial charge in [0.2, 0.25) is 11.8 Å². The second kappa shape index (κ2) is 13.1. The third kappa shape index (κ3) is 7.82. The Bertz CT molecular complexity index is 1190. The maximum atomic E-state index is 12.6. The average Bonchev–Trinajstić information content (AvgIpc) is 3.73. The number of likely N-dealkylation sites (N-methyl/N-ethyl adjacent to an activating group) is 2. The monoisotopic (exact) mass is 522 g/mol. The van der Waals surface area contributed by atoms with Crippen LogP contribution in [0.5, 0.6) is 0 Å². The lowest BCUT2D eigenvalue weighted by atomic mass is 10.1. The van der Waals surface area contributed by atoms with Crippen LogP contribution in [0.3, 0.4) is 0 Å². The molecule has 2 heterocycles. The van der Waals surface area contributed by atoms with Crippen LogP contribution in [-0.2, 0) is 22.4 Å². The first-order valence-corrected chi connectivity index (χ1v) is 12.9. The van der Waals surface area contributed by atoms with E-state index in [1.165, 1.54) is 11.0 Å². The maximum Gasteiger partial charge on any atom is 0.271 e. The number of hydrogen-bond acceptors (Lipinski definition) is 8. The Kier molecular flexibility index (Phi) is 9.89. The zero-order valence-electron chi connectivity index (χ0n) is 22.8. The number of anilines is 2. The molecule has 0 saturated heterocycles. The van der Waals surface area contributed by atoms with E-state index in [-0.39, 0.29) is 17.5 Å². The zero-order valence-corrected chi connectivity index (χ0v) is 22.8. The Hall–Kier alpha value is -3.86. The van der Waals surface area contributed by atoms with E-state index in [0.29, 0.717) is 43.5 Å². The Morgan fingerprint density at radius 2 is 1.89 bits per heavy atom. The van der Waals surface area contributed by atoms with Crippen LogP contribution >= 0.6 is 0 Å². The predicted octanol–water partition coefficient (Wildman–Crippen LogP) is 1.78. The van der Waals surface area contributed by atoms with Crippen LogP contribution in [0, 0.1) is 0 Å². The summed E-state index contributed by atoms with van der Waals surface area (Å²) in [5, 5.41) is 5.98. The van der Waals surface area contributed by atoms with E-state index in [1.54, 1.807) is 26.1 Å². The molecule has 0 aliphatic heterocycles. The largest absolute Gasteiger partial charge is 0.364 e. The van der Waals surface area contributed by atoms with E-state index in [1.807, 2.05) is 38.1 Å². The maximum absolute atomic E-state index is 12.6. The van der Waals surface area contributed by atoms with Crippen LogP contribution in [0.15, 0.2) is 30.4 Å². The zero-order chi connectivity index (χ0) is 27.8. The van der Waals surface area contributed by atoms with E-state index in [4.69, 9.17) is 10.7 Å². The lowest BCUT2D eigenvalue weighted by Gasteiger charge is -2.23. The van der Waals surface area contributed by atoms with E-state index in [2.05, 4.69) is 20.6 Å². The lowest BCUT2D eigenvalue weighted by Crippen LogP contribution is -2.45. The molecule has 1 atom stereocenters. The molecular weight excluding hydrogens is 484 g/mol. The molecule has 1 saturated carbocycles. The summed E-state index contributed by atoms with van der Waals surface area (Å²) in [7, 11) is 5.43. The van der Waals surface area contributed by atoms with Crippen molar-refractivity contribution in [1.82, 2.24) is 30.1 Å². The minimum absolute atomic E-state index is 0.0925. The second-order valence-corrected chi connectivity index (χ2v) is 9.71. The Morgan fingerprint density at radius 3 is 2.53 bits per heavy atom. The number of nitrogens with one attached hydrogen (secondary N) is 2. The molecule has 2 aromatic rings. The van der Waals surface area contributed by atoms with Gasteiger partial charge in [0.15, 0.2) is 11.5 Å². The Labute approximate surface area is 223 Å². The molecule has 0 radical (unpaired) electrons. The molecule has 1 aliphatic rings. The van der Waals surface area contributed by atoms with Gasteiger partial charge in [-0.2, -0.15) is 0 Å². The molecule has 4 N–H and O–H groups in total. The molecule has 11 heteroatoms. The van der Waals surface area contributed by atoms with Crippen LogP contribution in [0.1, 0.15) is 60.2 Å². The highest BCUT2D eigenvalue weighted by atomic mass is 16.2. The van der Waals surface area contributed by atoms with Crippen LogP contribution < -0.4 is 16.4 Å². The highest BCUT2D eigenvalue weighted by Gasteiger charge is 2.30. The van der Waals surface area contributed by atoms with Gasteiger partial charge >= 0.3 is 0 Å². The number of hydrogen-bond donors (Lipinski definition) is 3. The van der Waals surface area contributed by atoms with Crippen molar-refractivity contribution in [1.29, 1.82) is 0 Å². The SMILES string of the molecule is CCc1nc(C(N)=O)c(Nc2cccc(CCNC(=O)[C@H](C)N(C)C(=O)/C=C/CN(C)C)n2)nc1C1CC1. The molecule has 0 unspecified atom stereocenters. The highest BCUT2D eigenvalue weighted by molar-refractivity contribution is 5.96. The van der Waals surface area contributed by atoms with E-state index >= 15 is 0 Å². The summed E-state index contributed by atoms with van der Waals surface area (Å²) in [5.41, 5.74) is 8.12. The molecule has 0 aromatic carbocycles. The third-order valence-corrected chi connectivity index (χ3v) is 6.30. The number of aryl methyl sites for hydroxylation is 1. The van der Waals surface area contributed by atoms with Gasteiger partial charge < -0.3 is 26.2 Å². The van der Waals surface area contributed by atoms with E-state index in [9.17, 15) is 14.4 Å². The lowest BCUT2D eigenvalue weighted by molar-refractivity contribution is -0.135. The third-order valence-electron chi connectivity index (χ3n) is 6.30. The minimum atomic E-state index is -0.651. The van der Waals surface area contributed by atoms with Gasteiger partial charge in [-0.1, -0.05) is 19.1 Å². The van der Waals surface area contributed by atoms with Gasteiger partial charge in [0.25, 0.3) is 5.91 Å². The second-order valence-electron chi connectivity index (χ2n) is 9.71. The normalized spacial score (nSPS) is 13.9. The topological polar surface area (TPSA) is 146 Å². The molecule has 11 nitrogen and oxygen atoms in total. The van der Waals surface area contributed by atoms with Gasteiger partial charge in [0.1, 0.15) is 11.9 Å². The molecular formula is C27H38N8O3. The van der Waals surface area contributed by atoms with Crippen molar-refractivity contribution in [3.63, 3.8) is 0 Å². The number of carbonyl (C=O) groups excluding carboxylic acids is 3. The first-order chi connectivity index (χ1) is 18.1. The number of pyridine rings is 1. The number of nitrogens with two attached hydrogens (primary N) is 1. The smallest absolute Gasteiger partial charge is 0.271 e. The number of primary amides is 1. The molecule has 204 valence electrons. The predicted molar refractivity (Wildman–Crippen MR) is 146 cm³/mol. The van der Waals surface area contributed by atoms with Gasteiger partial charge in [0.05, 0.1) is 11.4 Å². The summed E-state index contributed by atoms with van der Waals surface area (Å²) >= 11 is 0. The summed E-state index contributed by atoms with van der Waals surface area (Å²) in [6.45, 7) is 4.66. The van der Waals surface area contributed by atoms with Gasteiger partial charge in [-0.25, -0.2) is 15.0 Å². The highest BCUT2D eigenvalue weighted by Crippen LogP contribution is 2.41. The minimum Gasteiger partial charge on any atom is -0.364 e. The Morgan fingerprint density at radius 1 is 1.16 bits per heavy atom. The van der Waals surface area contributed by atoms with Crippen LogP contribution in [0.4, 0.5) is 11.6 Å². The fourth-order valence-electron chi connectivity index (χ4n) is 3.81. The Balaban J connectivity index is 1.60. The molecule has 2 aromatic heterocycles. The number of rotatable bonds is 13. The van der Waals surface area contributed by atoms with Crippen molar-refractivity contribution in [3.05, 3.63) is 53.1 Å². The average molecular weight is 523 g/mol. The number of aromatic nitrogens is 3. The van der Waals surface area contributed by atoms with Crippen LogP contribution in [-0.4, -0.2) is 82.7 Å². The molecule has 1 aliphatic carbocycles. The molecule has 0 spiro atoms. The van der Waals surface area contributed by atoms with Crippen molar-refractivity contribution < 1.29 is 14.4 Å². The summed E-state index contributed by atoms with van der Waals surface area (Å²) < 4.78 is 0. The van der Waals surface area contributed by atoms with Gasteiger partial charge in [-0.05, 0) is 52.4 Å². The quantitative estimate of drug-likeness (QED) is 0.337. The van der Waals surface area contributed by atoms with Crippen LogP contribution in [0.25, 0.3) is 0 Å². The fraction of sp³-hybridized carbons (Fsp3) is 0.481. The van der Waals surface area contributed by atoms with Gasteiger partial charge in [-0.15, -0.1) is 0 Å². The van der Waals surface area contributed by atoms with Crippen molar-refractivity contribution in [2.24, 2.45) is 5.73 Å². The molecule has 0 bridgehead atoms. The van der Waals surface area contributed by atoms with Crippen molar-refractivity contribution in [2.75, 3.05) is 39.5 Å². The number of nitrogens with zero attached hydrogens (tertiary/aromatic N) is 5. The first kappa shape index (κ1) is 28.7. The van der Waals surface area contributed by atoms with Crippen molar-refractivity contribution in [3.8, 4) is 0 Å². The van der Waals surface area contributed by atoms with Gasteiger partial charge in [0, 0.05) is 44.2 Å². The summed E-state index contributed by atoms with van der Waals surface area (Å²) in [4.78, 5) is 54.1. The number of carbonyl (C=O) groups is 3. The number of amides is 3. The summed E-state index contributed by atoms with van der Waals surface area (Å²) in [6.07, 6.45) is 6.51. The standard InChI is InChI=1S/C27H38N8O3/c1-6-20-23(18-12-13-18)33-26(24(31-20)25(28)37)32-21-10-7-9-19(30-21)14-15-29-27(38)17(2)35(5)22(36)11-8-16-34(3)4/h7-11,17-18H,6,12-16H2,1-5H3,(H2,28,37)(H,29,38)(H,30,32,33)/b11-8+/t17-/m0/s1. The van der Waals surface area contributed by atoms with Crippen LogP contribution in [0.2, 0.25) is 0 Å². The summed E-state index contributed by atoms with van der Waals surface area (Å²) in [5.74, 6) is 0.0390. The fourth-order valence-corrected chi connectivity index (χ4v) is 3.81. The molecule has 3 rings (SSSR count). The molecule has 1 fully saturated rings. The van der Waals surface area contributed by atoms with Crippen molar-refractivity contribution >= 4 is 29.4 Å². The van der Waals surface area contributed by atoms with E-state index in [0.717, 1.165) is 29.9 Å². The van der Waals surface area contributed by atoms with Gasteiger partial charge in [-0.3, -0.25) is 14.4 Å². The molecule has 38 heavy (non-hydrogen) atoms. The van der Waals surface area contributed by atoms with E-state index < -0.39 is 11.9 Å². The summed E-state index contributed by atoms with van der Waals surface area (Å²) in [6, 6.07) is 4.83.